The van der Waals surface area contributed by atoms with Gasteiger partial charge in [0.05, 0.1) is 5.69 Å². The third kappa shape index (κ3) is 4.05. The Morgan fingerprint density at radius 2 is 1.83 bits per heavy atom. The summed E-state index contributed by atoms with van der Waals surface area (Å²) in [4.78, 5) is 13.0. The number of rotatable bonds is 6. The largest absolute Gasteiger partial charge is 0.349 e. The SMILES string of the molecule is CCCC(C)NC(=O)C1=C(c2ccccc2)c2cc(Cl)ccc2N(CC)S1(=O)=O. The zero-order valence-electron chi connectivity index (χ0n) is 16.8. The summed E-state index contributed by atoms with van der Waals surface area (Å²) in [7, 11) is -4.04. The van der Waals surface area contributed by atoms with Crippen LogP contribution in [0.1, 0.15) is 44.7 Å². The van der Waals surface area contributed by atoms with Crippen molar-refractivity contribution in [2.24, 2.45) is 0 Å². The summed E-state index contributed by atoms with van der Waals surface area (Å²) in [5, 5.41) is 3.34. The zero-order valence-corrected chi connectivity index (χ0v) is 18.3. The maximum absolute atomic E-state index is 13.5. The summed E-state index contributed by atoms with van der Waals surface area (Å²) in [6, 6.07) is 14.0. The van der Waals surface area contributed by atoms with Crippen molar-refractivity contribution in [1.82, 2.24) is 5.32 Å². The van der Waals surface area contributed by atoms with Crippen LogP contribution in [0.3, 0.4) is 0 Å². The summed E-state index contributed by atoms with van der Waals surface area (Å²) in [6.07, 6.45) is 1.65. The minimum absolute atomic E-state index is 0.136. The first kappa shape index (κ1) is 21.4. The van der Waals surface area contributed by atoms with Crippen molar-refractivity contribution < 1.29 is 13.2 Å². The summed E-state index contributed by atoms with van der Waals surface area (Å²) in [6.45, 7) is 5.85. The van der Waals surface area contributed by atoms with Gasteiger partial charge in [0.15, 0.2) is 4.91 Å². The molecular formula is C22H25ClN2O3S. The molecule has 1 aliphatic heterocycles. The zero-order chi connectivity index (χ0) is 21.2. The molecule has 2 aromatic rings. The first-order valence-corrected chi connectivity index (χ1v) is 11.6. The minimum Gasteiger partial charge on any atom is -0.349 e. The number of hydrogen-bond acceptors (Lipinski definition) is 3. The van der Waals surface area contributed by atoms with Crippen molar-refractivity contribution in [3.63, 3.8) is 0 Å². The van der Waals surface area contributed by atoms with Crippen molar-refractivity contribution in [2.45, 2.75) is 39.7 Å². The third-order valence-corrected chi connectivity index (χ3v) is 7.10. The summed E-state index contributed by atoms with van der Waals surface area (Å²) >= 11 is 6.25. The van der Waals surface area contributed by atoms with Gasteiger partial charge in [0.1, 0.15) is 0 Å². The van der Waals surface area contributed by atoms with Crippen LogP contribution in [-0.4, -0.2) is 26.9 Å². The first-order valence-electron chi connectivity index (χ1n) is 9.74. The van der Waals surface area contributed by atoms with Gasteiger partial charge in [-0.1, -0.05) is 55.3 Å². The van der Waals surface area contributed by atoms with Gasteiger partial charge < -0.3 is 5.32 Å². The van der Waals surface area contributed by atoms with Gasteiger partial charge in [-0.25, -0.2) is 8.42 Å². The minimum atomic E-state index is -4.04. The molecule has 7 heteroatoms. The Hall–Kier alpha value is -2.31. The summed E-state index contributed by atoms with van der Waals surface area (Å²) < 4.78 is 28.3. The Bertz CT molecular complexity index is 1050. The molecule has 1 atom stereocenters. The lowest BCUT2D eigenvalue weighted by Gasteiger charge is -2.33. The number of nitrogens with one attached hydrogen (secondary N) is 1. The van der Waals surface area contributed by atoms with Gasteiger partial charge >= 0.3 is 0 Å². The van der Waals surface area contributed by atoms with Crippen LogP contribution in [0, 0.1) is 0 Å². The molecular weight excluding hydrogens is 408 g/mol. The predicted molar refractivity (Wildman–Crippen MR) is 118 cm³/mol. The number of fused-ring (bicyclic) bond motifs is 1. The quantitative estimate of drug-likeness (QED) is 0.726. The van der Waals surface area contributed by atoms with E-state index >= 15 is 0 Å². The lowest BCUT2D eigenvalue weighted by molar-refractivity contribution is -0.117. The lowest BCUT2D eigenvalue weighted by Crippen LogP contribution is -2.43. The van der Waals surface area contributed by atoms with E-state index in [0.29, 0.717) is 27.4 Å². The summed E-state index contributed by atoms with van der Waals surface area (Å²) in [5.41, 5.74) is 2.19. The van der Waals surface area contributed by atoms with Crippen LogP contribution in [0.15, 0.2) is 53.4 Å². The molecule has 1 unspecified atom stereocenters. The molecule has 0 saturated heterocycles. The van der Waals surface area contributed by atoms with Gasteiger partial charge in [0, 0.05) is 28.7 Å². The molecule has 0 saturated carbocycles. The molecule has 154 valence electrons. The molecule has 3 rings (SSSR count). The van der Waals surface area contributed by atoms with Crippen LogP contribution < -0.4 is 9.62 Å². The second-order valence-corrected chi connectivity index (χ2v) is 9.30. The van der Waals surface area contributed by atoms with Crippen molar-refractivity contribution >= 4 is 38.8 Å². The lowest BCUT2D eigenvalue weighted by atomic mass is 9.95. The van der Waals surface area contributed by atoms with Gasteiger partial charge in [-0.15, -0.1) is 0 Å². The number of amides is 1. The Labute approximate surface area is 177 Å². The molecule has 2 aromatic carbocycles. The number of carbonyl (C=O) groups excluding carboxylic acids is 1. The van der Waals surface area contributed by atoms with Gasteiger partial charge in [-0.3, -0.25) is 9.10 Å². The number of nitrogens with zero attached hydrogens (tertiary/aromatic N) is 1. The molecule has 0 radical (unpaired) electrons. The number of anilines is 1. The molecule has 1 aliphatic rings. The van der Waals surface area contributed by atoms with E-state index in [1.54, 1.807) is 37.3 Å². The molecule has 0 spiro atoms. The smallest absolute Gasteiger partial charge is 0.270 e. The summed E-state index contributed by atoms with van der Waals surface area (Å²) in [5.74, 6) is -0.589. The van der Waals surface area contributed by atoms with Crippen LogP contribution in [-0.2, 0) is 14.8 Å². The van der Waals surface area contributed by atoms with Crippen molar-refractivity contribution in [3.8, 4) is 0 Å². The first-order chi connectivity index (χ1) is 13.8. The normalized spacial score (nSPS) is 16.3. The van der Waals surface area contributed by atoms with Gasteiger partial charge in [0.25, 0.3) is 15.9 Å². The van der Waals surface area contributed by atoms with Crippen LogP contribution in [0.5, 0.6) is 0 Å². The second-order valence-electron chi connectivity index (χ2n) is 7.06. The van der Waals surface area contributed by atoms with E-state index < -0.39 is 15.9 Å². The number of carbonyl (C=O) groups is 1. The number of benzene rings is 2. The predicted octanol–water partition coefficient (Wildman–Crippen LogP) is 4.57. The Balaban J connectivity index is 2.33. The fourth-order valence-corrected chi connectivity index (χ4v) is 5.60. The van der Waals surface area contributed by atoms with Crippen LogP contribution in [0.4, 0.5) is 5.69 Å². The maximum Gasteiger partial charge on any atom is 0.270 e. The number of halogens is 1. The highest BCUT2D eigenvalue weighted by Gasteiger charge is 2.41. The fraction of sp³-hybridized carbons (Fsp3) is 0.318. The average Bonchev–Trinajstić information content (AvgIpc) is 2.67. The topological polar surface area (TPSA) is 66.5 Å². The van der Waals surface area contributed by atoms with Gasteiger partial charge in [-0.05, 0) is 44.0 Å². The van der Waals surface area contributed by atoms with Crippen LogP contribution in [0.2, 0.25) is 5.02 Å². The van der Waals surface area contributed by atoms with E-state index in [-0.39, 0.29) is 17.5 Å². The highest BCUT2D eigenvalue weighted by molar-refractivity contribution is 7.97. The van der Waals surface area contributed by atoms with E-state index in [2.05, 4.69) is 5.32 Å². The molecule has 0 bridgehead atoms. The molecule has 0 aliphatic carbocycles. The fourth-order valence-electron chi connectivity index (χ4n) is 3.67. The Morgan fingerprint density at radius 3 is 2.45 bits per heavy atom. The highest BCUT2D eigenvalue weighted by atomic mass is 35.5. The average molecular weight is 433 g/mol. The van der Waals surface area contributed by atoms with Crippen LogP contribution in [0.25, 0.3) is 5.57 Å². The van der Waals surface area contributed by atoms with Crippen molar-refractivity contribution in [2.75, 3.05) is 10.8 Å². The molecule has 1 heterocycles. The van der Waals surface area contributed by atoms with Gasteiger partial charge in [-0.2, -0.15) is 0 Å². The van der Waals surface area contributed by atoms with E-state index in [9.17, 15) is 13.2 Å². The van der Waals surface area contributed by atoms with E-state index in [4.69, 9.17) is 11.6 Å². The molecule has 29 heavy (non-hydrogen) atoms. The highest BCUT2D eigenvalue weighted by Crippen LogP contribution is 2.43. The molecule has 0 fully saturated rings. The monoisotopic (exact) mass is 432 g/mol. The van der Waals surface area contributed by atoms with E-state index in [0.717, 1.165) is 12.8 Å². The molecule has 1 N–H and O–H groups in total. The van der Waals surface area contributed by atoms with Crippen molar-refractivity contribution in [3.05, 3.63) is 69.6 Å². The van der Waals surface area contributed by atoms with E-state index in [1.165, 1.54) is 4.31 Å². The molecule has 5 nitrogen and oxygen atoms in total. The van der Waals surface area contributed by atoms with Crippen molar-refractivity contribution in [1.29, 1.82) is 0 Å². The van der Waals surface area contributed by atoms with E-state index in [1.807, 2.05) is 32.0 Å². The second kappa shape index (κ2) is 8.59. The number of hydrogen-bond donors (Lipinski definition) is 1. The number of sulfonamides is 1. The van der Waals surface area contributed by atoms with Crippen LogP contribution >= 0.6 is 11.6 Å². The third-order valence-electron chi connectivity index (χ3n) is 4.93. The molecule has 1 amide bonds. The standard InChI is InChI=1S/C22H25ClN2O3S/c1-4-9-15(3)24-22(26)21-20(16-10-7-6-8-11-16)18-14-17(23)12-13-19(18)25(5-2)29(21,27)28/h6-8,10-15H,4-5,9H2,1-3H3,(H,24,26). The Kier molecular flexibility index (Phi) is 6.34. The Morgan fingerprint density at radius 1 is 1.14 bits per heavy atom. The van der Waals surface area contributed by atoms with Gasteiger partial charge in [0.2, 0.25) is 0 Å². The maximum atomic E-state index is 13.5. The molecule has 0 aromatic heterocycles.